The van der Waals surface area contributed by atoms with Crippen LogP contribution in [0, 0.1) is 0 Å². The average molecular weight is 291 g/mol. The number of carbonyl (C=O) groups is 1. The van der Waals surface area contributed by atoms with Gasteiger partial charge in [0, 0.05) is 44.6 Å². The number of ether oxygens (including phenoxy) is 1. The summed E-state index contributed by atoms with van der Waals surface area (Å²) in [4.78, 5) is 19.8. The van der Waals surface area contributed by atoms with Crippen LogP contribution in [-0.2, 0) is 4.74 Å². The third-order valence-corrected chi connectivity index (χ3v) is 4.56. The van der Waals surface area contributed by atoms with Crippen molar-refractivity contribution in [1.29, 1.82) is 0 Å². The summed E-state index contributed by atoms with van der Waals surface area (Å²) in [5.74, 6) is 0.151. The number of morpholine rings is 1. The first kappa shape index (κ1) is 14.6. The number of likely N-dealkylation sites (tertiary alicyclic amines) is 1. The zero-order valence-electron chi connectivity index (χ0n) is 12.9. The zero-order chi connectivity index (χ0) is 14.8. The van der Waals surface area contributed by atoms with Crippen molar-refractivity contribution >= 4 is 5.91 Å². The van der Waals surface area contributed by atoms with Crippen molar-refractivity contribution in [2.45, 2.75) is 44.9 Å². The summed E-state index contributed by atoms with van der Waals surface area (Å²) < 4.78 is 5.81. The second kappa shape index (κ2) is 6.20. The molecule has 1 aromatic rings. The maximum absolute atomic E-state index is 12.3. The van der Waals surface area contributed by atoms with Gasteiger partial charge in [0.1, 0.15) is 0 Å². The van der Waals surface area contributed by atoms with Gasteiger partial charge in [-0.15, -0.1) is 0 Å². The van der Waals surface area contributed by atoms with Gasteiger partial charge in [0.2, 0.25) is 0 Å². The summed E-state index contributed by atoms with van der Waals surface area (Å²) in [6, 6.07) is 2.44. The molecule has 5 nitrogen and oxygen atoms in total. The molecular formula is C16H25N3O2. The molecule has 2 fully saturated rings. The van der Waals surface area contributed by atoms with Crippen LogP contribution in [0.5, 0.6) is 0 Å². The van der Waals surface area contributed by atoms with Crippen molar-refractivity contribution in [2.75, 3.05) is 26.2 Å². The van der Waals surface area contributed by atoms with Crippen LogP contribution in [0.15, 0.2) is 18.5 Å². The molecule has 3 heterocycles. The van der Waals surface area contributed by atoms with E-state index >= 15 is 0 Å². The first-order valence-electron chi connectivity index (χ1n) is 7.95. The van der Waals surface area contributed by atoms with Crippen molar-refractivity contribution in [3.8, 4) is 0 Å². The van der Waals surface area contributed by atoms with Crippen molar-refractivity contribution < 1.29 is 9.53 Å². The predicted octanol–water partition coefficient (Wildman–Crippen LogP) is 1.73. The number of aromatic nitrogens is 1. The fourth-order valence-corrected chi connectivity index (χ4v) is 3.59. The van der Waals surface area contributed by atoms with Crippen LogP contribution in [-0.4, -0.2) is 65.1 Å². The van der Waals surface area contributed by atoms with Gasteiger partial charge in [0.15, 0.2) is 0 Å². The minimum atomic E-state index is 0.151. The topological polar surface area (TPSA) is 48.6 Å². The van der Waals surface area contributed by atoms with Gasteiger partial charge in [-0.25, -0.2) is 0 Å². The number of carbonyl (C=O) groups excluding carboxylic acids is 1. The normalized spacial score (nSPS) is 28.8. The first-order chi connectivity index (χ1) is 10.1. The van der Waals surface area contributed by atoms with Gasteiger partial charge in [-0.1, -0.05) is 0 Å². The highest BCUT2D eigenvalue weighted by atomic mass is 16.5. The van der Waals surface area contributed by atoms with Gasteiger partial charge in [0.25, 0.3) is 5.91 Å². The molecule has 2 atom stereocenters. The molecule has 21 heavy (non-hydrogen) atoms. The highest BCUT2D eigenvalue weighted by Crippen LogP contribution is 2.22. The number of piperidine rings is 1. The number of nitrogens with one attached hydrogen (secondary N) is 1. The molecule has 0 radical (unpaired) electrons. The lowest BCUT2D eigenvalue weighted by molar-refractivity contribution is -0.0856. The molecule has 0 unspecified atom stereocenters. The number of hydrogen-bond donors (Lipinski definition) is 1. The molecule has 3 rings (SSSR count). The van der Waals surface area contributed by atoms with E-state index < -0.39 is 0 Å². The summed E-state index contributed by atoms with van der Waals surface area (Å²) in [5.41, 5.74) is 0.766. The number of amides is 1. The molecule has 0 saturated carbocycles. The lowest BCUT2D eigenvalue weighted by atomic mass is 10.0. The van der Waals surface area contributed by atoms with Gasteiger partial charge < -0.3 is 14.6 Å². The van der Waals surface area contributed by atoms with Crippen molar-refractivity contribution in [3.05, 3.63) is 24.0 Å². The molecule has 2 aliphatic rings. The maximum atomic E-state index is 12.3. The SMILES string of the molecule is C[C@@H]1CN(C2CCN(C(=O)c3cc[nH]c3)CC2)C[C@H](C)O1. The van der Waals surface area contributed by atoms with Gasteiger partial charge >= 0.3 is 0 Å². The van der Waals surface area contributed by atoms with Crippen molar-refractivity contribution in [1.82, 2.24) is 14.8 Å². The Labute approximate surface area is 126 Å². The highest BCUT2D eigenvalue weighted by Gasteiger charge is 2.31. The number of hydrogen-bond acceptors (Lipinski definition) is 3. The first-order valence-corrected chi connectivity index (χ1v) is 7.95. The molecule has 2 aliphatic heterocycles. The van der Waals surface area contributed by atoms with E-state index in [1.807, 2.05) is 11.0 Å². The monoisotopic (exact) mass is 291 g/mol. The van der Waals surface area contributed by atoms with E-state index in [0.29, 0.717) is 18.2 Å². The summed E-state index contributed by atoms with van der Waals surface area (Å²) in [5, 5.41) is 0. The van der Waals surface area contributed by atoms with E-state index in [0.717, 1.165) is 44.6 Å². The van der Waals surface area contributed by atoms with Crippen LogP contribution in [0.4, 0.5) is 0 Å². The molecule has 2 saturated heterocycles. The fraction of sp³-hybridized carbons (Fsp3) is 0.688. The molecule has 1 aromatic heterocycles. The maximum Gasteiger partial charge on any atom is 0.255 e. The lowest BCUT2D eigenvalue weighted by Gasteiger charge is -2.43. The second-order valence-electron chi connectivity index (χ2n) is 6.33. The Bertz CT molecular complexity index is 456. The van der Waals surface area contributed by atoms with Crippen LogP contribution < -0.4 is 0 Å². The van der Waals surface area contributed by atoms with Crippen LogP contribution in [0.25, 0.3) is 0 Å². The van der Waals surface area contributed by atoms with Gasteiger partial charge in [0.05, 0.1) is 17.8 Å². The van der Waals surface area contributed by atoms with Crippen molar-refractivity contribution in [2.24, 2.45) is 0 Å². The molecule has 0 spiro atoms. The molecule has 0 aliphatic carbocycles. The minimum Gasteiger partial charge on any atom is -0.373 e. The van der Waals surface area contributed by atoms with E-state index in [-0.39, 0.29) is 5.91 Å². The number of rotatable bonds is 2. The highest BCUT2D eigenvalue weighted by molar-refractivity contribution is 5.94. The Morgan fingerprint density at radius 2 is 1.90 bits per heavy atom. The van der Waals surface area contributed by atoms with Crippen LogP contribution >= 0.6 is 0 Å². The van der Waals surface area contributed by atoms with Crippen molar-refractivity contribution in [3.63, 3.8) is 0 Å². The predicted molar refractivity (Wildman–Crippen MR) is 81.3 cm³/mol. The van der Waals surface area contributed by atoms with E-state index in [2.05, 4.69) is 23.7 Å². The Morgan fingerprint density at radius 3 is 2.48 bits per heavy atom. The third kappa shape index (κ3) is 3.30. The Morgan fingerprint density at radius 1 is 1.24 bits per heavy atom. The number of aromatic amines is 1. The van der Waals surface area contributed by atoms with Crippen LogP contribution in [0.1, 0.15) is 37.0 Å². The van der Waals surface area contributed by atoms with Crippen LogP contribution in [0.3, 0.4) is 0 Å². The Kier molecular flexibility index (Phi) is 4.31. The Hall–Kier alpha value is -1.33. The van der Waals surface area contributed by atoms with E-state index in [1.165, 1.54) is 0 Å². The molecule has 5 heteroatoms. The number of nitrogens with zero attached hydrogens (tertiary/aromatic N) is 2. The standard InChI is InChI=1S/C16H25N3O2/c1-12-10-19(11-13(2)21-12)15-4-7-18(8-5-15)16(20)14-3-6-17-9-14/h3,6,9,12-13,15,17H,4-5,7-8,10-11H2,1-2H3/t12-,13+. The molecule has 0 bridgehead atoms. The molecular weight excluding hydrogens is 266 g/mol. The third-order valence-electron chi connectivity index (χ3n) is 4.56. The zero-order valence-corrected chi connectivity index (χ0v) is 12.9. The smallest absolute Gasteiger partial charge is 0.255 e. The fourth-order valence-electron chi connectivity index (χ4n) is 3.59. The molecule has 1 N–H and O–H groups in total. The second-order valence-corrected chi connectivity index (χ2v) is 6.33. The minimum absolute atomic E-state index is 0.151. The molecule has 1 amide bonds. The summed E-state index contributed by atoms with van der Waals surface area (Å²) in [6.45, 7) is 8.03. The van der Waals surface area contributed by atoms with E-state index in [1.54, 1.807) is 12.4 Å². The largest absolute Gasteiger partial charge is 0.373 e. The quantitative estimate of drug-likeness (QED) is 0.903. The van der Waals surface area contributed by atoms with E-state index in [9.17, 15) is 4.79 Å². The Balaban J connectivity index is 1.54. The average Bonchev–Trinajstić information content (AvgIpc) is 3.00. The van der Waals surface area contributed by atoms with Gasteiger partial charge in [-0.05, 0) is 32.8 Å². The summed E-state index contributed by atoms with van der Waals surface area (Å²) in [7, 11) is 0. The van der Waals surface area contributed by atoms with Gasteiger partial charge in [-0.3, -0.25) is 9.69 Å². The van der Waals surface area contributed by atoms with E-state index in [4.69, 9.17) is 4.74 Å². The number of H-pyrrole nitrogens is 1. The summed E-state index contributed by atoms with van der Waals surface area (Å²) in [6.07, 6.45) is 6.34. The molecule has 116 valence electrons. The lowest BCUT2D eigenvalue weighted by Crippen LogP contribution is -2.53. The summed E-state index contributed by atoms with van der Waals surface area (Å²) >= 11 is 0. The molecule has 0 aromatic carbocycles. The van der Waals surface area contributed by atoms with Gasteiger partial charge in [-0.2, -0.15) is 0 Å². The van der Waals surface area contributed by atoms with Crippen LogP contribution in [0.2, 0.25) is 0 Å².